The molecule has 2 N–H and O–H groups in total. The topological polar surface area (TPSA) is 97.0 Å². The Bertz CT molecular complexity index is 984. The van der Waals surface area contributed by atoms with Gasteiger partial charge in [0, 0.05) is 32.3 Å². The minimum atomic E-state index is -0.700. The van der Waals surface area contributed by atoms with Crippen LogP contribution in [-0.4, -0.2) is 69.1 Å². The van der Waals surface area contributed by atoms with Crippen molar-refractivity contribution in [3.63, 3.8) is 0 Å². The number of aryl methyl sites for hydroxylation is 1. The Morgan fingerprint density at radius 2 is 1.71 bits per heavy atom. The van der Waals surface area contributed by atoms with Crippen LogP contribution < -0.4 is 15.4 Å². The van der Waals surface area contributed by atoms with Crippen molar-refractivity contribution in [1.82, 2.24) is 15.5 Å². The third kappa shape index (κ3) is 6.35. The minimum absolute atomic E-state index is 0.0966. The molecule has 2 aromatic carbocycles. The summed E-state index contributed by atoms with van der Waals surface area (Å²) in [7, 11) is 3.11. The normalized spacial score (nSPS) is 14.9. The summed E-state index contributed by atoms with van der Waals surface area (Å²) in [5.74, 6) is -0.193. The maximum Gasteiger partial charge on any atom is 0.257 e. The molecule has 3 amide bonds. The molecule has 0 saturated carbocycles. The molecule has 0 spiro atoms. The average Bonchev–Trinajstić information content (AvgIpc) is 2.87. The monoisotopic (exact) mass is 467 g/mol. The zero-order valence-corrected chi connectivity index (χ0v) is 20.0. The van der Waals surface area contributed by atoms with E-state index in [2.05, 4.69) is 10.6 Å². The van der Waals surface area contributed by atoms with E-state index in [1.54, 1.807) is 43.4 Å². The molecule has 1 aliphatic rings. The molecule has 1 saturated heterocycles. The number of ether oxygens (including phenoxy) is 2. The van der Waals surface area contributed by atoms with E-state index in [0.29, 0.717) is 56.0 Å². The second-order valence-corrected chi connectivity index (χ2v) is 8.43. The molecule has 1 atom stereocenters. The Balaban J connectivity index is 1.69. The van der Waals surface area contributed by atoms with Crippen LogP contribution in [0, 0.1) is 12.8 Å². The molecule has 34 heavy (non-hydrogen) atoms. The van der Waals surface area contributed by atoms with Gasteiger partial charge in [0.1, 0.15) is 11.8 Å². The number of likely N-dealkylation sites (tertiary alicyclic amines) is 1. The standard InChI is InChI=1S/C26H33N3O5/c1-18-8-10-20(11-9-18)24(30)28-23(25(31)27-14-17-33-2)19-12-15-29(16-13-19)26(32)21-6-4-5-7-22(21)34-3/h4-11,19,23H,12-17H2,1-3H3,(H,27,31)(H,28,30)/t23-/m0/s1. The maximum absolute atomic E-state index is 13.0. The molecular formula is C26H33N3O5. The first-order chi connectivity index (χ1) is 16.4. The molecule has 182 valence electrons. The van der Waals surface area contributed by atoms with E-state index in [1.165, 1.54) is 0 Å². The van der Waals surface area contributed by atoms with Gasteiger partial charge in [-0.05, 0) is 49.9 Å². The van der Waals surface area contributed by atoms with Crippen molar-refractivity contribution in [2.75, 3.05) is 40.5 Å². The molecule has 3 rings (SSSR count). The summed E-state index contributed by atoms with van der Waals surface area (Å²) < 4.78 is 10.4. The molecule has 0 radical (unpaired) electrons. The molecule has 8 heteroatoms. The predicted octanol–water partition coefficient (Wildman–Crippen LogP) is 2.42. The van der Waals surface area contributed by atoms with Gasteiger partial charge in [0.15, 0.2) is 0 Å². The maximum atomic E-state index is 13.0. The van der Waals surface area contributed by atoms with E-state index in [-0.39, 0.29) is 23.6 Å². The Kier molecular flexibility index (Phi) is 9.04. The molecule has 0 aromatic heterocycles. The molecule has 2 aromatic rings. The van der Waals surface area contributed by atoms with E-state index < -0.39 is 6.04 Å². The van der Waals surface area contributed by atoms with Gasteiger partial charge in [-0.3, -0.25) is 14.4 Å². The van der Waals surface area contributed by atoms with Crippen molar-refractivity contribution in [3.05, 3.63) is 65.2 Å². The fourth-order valence-electron chi connectivity index (χ4n) is 4.14. The van der Waals surface area contributed by atoms with Crippen LogP contribution in [0.4, 0.5) is 0 Å². The molecule has 1 heterocycles. The summed E-state index contributed by atoms with van der Waals surface area (Å²) in [5.41, 5.74) is 2.08. The second-order valence-electron chi connectivity index (χ2n) is 8.43. The van der Waals surface area contributed by atoms with Gasteiger partial charge < -0.3 is 25.0 Å². The van der Waals surface area contributed by atoms with E-state index in [9.17, 15) is 14.4 Å². The SMILES string of the molecule is COCCNC(=O)[C@@H](NC(=O)c1ccc(C)cc1)C1CCN(C(=O)c2ccccc2OC)CC1. The first kappa shape index (κ1) is 25.2. The lowest BCUT2D eigenvalue weighted by Gasteiger charge is -2.36. The number of piperidine rings is 1. The molecule has 1 aliphatic heterocycles. The Morgan fingerprint density at radius 1 is 1.03 bits per heavy atom. The van der Waals surface area contributed by atoms with Crippen LogP contribution in [0.25, 0.3) is 0 Å². The zero-order chi connectivity index (χ0) is 24.5. The van der Waals surface area contributed by atoms with Crippen molar-refractivity contribution in [1.29, 1.82) is 0 Å². The first-order valence-corrected chi connectivity index (χ1v) is 11.5. The number of nitrogens with one attached hydrogen (secondary N) is 2. The number of carbonyl (C=O) groups is 3. The van der Waals surface area contributed by atoms with Gasteiger partial charge in [-0.25, -0.2) is 0 Å². The van der Waals surface area contributed by atoms with Crippen LogP contribution >= 0.6 is 0 Å². The van der Waals surface area contributed by atoms with Crippen molar-refractivity contribution in [3.8, 4) is 5.75 Å². The predicted molar refractivity (Wildman–Crippen MR) is 129 cm³/mol. The van der Waals surface area contributed by atoms with E-state index >= 15 is 0 Å². The highest BCUT2D eigenvalue weighted by Crippen LogP contribution is 2.25. The van der Waals surface area contributed by atoms with Crippen molar-refractivity contribution >= 4 is 17.7 Å². The van der Waals surface area contributed by atoms with Gasteiger partial charge in [0.2, 0.25) is 5.91 Å². The molecule has 8 nitrogen and oxygen atoms in total. The highest BCUT2D eigenvalue weighted by Gasteiger charge is 2.34. The number of para-hydroxylation sites is 1. The van der Waals surface area contributed by atoms with E-state index in [4.69, 9.17) is 9.47 Å². The van der Waals surface area contributed by atoms with Gasteiger partial charge in [-0.15, -0.1) is 0 Å². The van der Waals surface area contributed by atoms with Gasteiger partial charge in [0.05, 0.1) is 19.3 Å². The third-order valence-corrected chi connectivity index (χ3v) is 6.12. The van der Waals surface area contributed by atoms with E-state index in [0.717, 1.165) is 5.56 Å². The number of benzene rings is 2. The fraction of sp³-hybridized carbons (Fsp3) is 0.423. The highest BCUT2D eigenvalue weighted by atomic mass is 16.5. The lowest BCUT2D eigenvalue weighted by Crippen LogP contribution is -2.54. The Labute approximate surface area is 200 Å². The van der Waals surface area contributed by atoms with Gasteiger partial charge in [0.25, 0.3) is 11.8 Å². The number of methoxy groups -OCH3 is 2. The van der Waals surface area contributed by atoms with Crippen LogP contribution in [0.2, 0.25) is 0 Å². The lowest BCUT2D eigenvalue weighted by atomic mass is 9.88. The minimum Gasteiger partial charge on any atom is -0.496 e. The third-order valence-electron chi connectivity index (χ3n) is 6.12. The van der Waals surface area contributed by atoms with Crippen LogP contribution in [0.15, 0.2) is 48.5 Å². The molecule has 1 fully saturated rings. The van der Waals surface area contributed by atoms with Gasteiger partial charge in [-0.1, -0.05) is 29.8 Å². The van der Waals surface area contributed by atoms with Crippen LogP contribution in [0.1, 0.15) is 39.1 Å². The molecule has 0 bridgehead atoms. The molecule has 0 aliphatic carbocycles. The lowest BCUT2D eigenvalue weighted by molar-refractivity contribution is -0.124. The fourth-order valence-corrected chi connectivity index (χ4v) is 4.14. The number of amides is 3. The van der Waals surface area contributed by atoms with Crippen molar-refractivity contribution in [2.24, 2.45) is 5.92 Å². The summed E-state index contributed by atoms with van der Waals surface area (Å²) in [6, 6.07) is 13.7. The number of hydrogen-bond acceptors (Lipinski definition) is 5. The summed E-state index contributed by atoms with van der Waals surface area (Å²) in [5, 5.41) is 5.77. The number of rotatable bonds is 9. The number of nitrogens with zero attached hydrogens (tertiary/aromatic N) is 1. The van der Waals surface area contributed by atoms with Crippen LogP contribution in [-0.2, 0) is 9.53 Å². The summed E-state index contributed by atoms with van der Waals surface area (Å²) in [4.78, 5) is 40.7. The van der Waals surface area contributed by atoms with Crippen LogP contribution in [0.3, 0.4) is 0 Å². The molecular weight excluding hydrogens is 434 g/mol. The first-order valence-electron chi connectivity index (χ1n) is 11.5. The summed E-state index contributed by atoms with van der Waals surface area (Å²) in [6.07, 6.45) is 1.19. The Hall–Kier alpha value is -3.39. The summed E-state index contributed by atoms with van der Waals surface area (Å²) in [6.45, 7) is 3.68. The summed E-state index contributed by atoms with van der Waals surface area (Å²) >= 11 is 0. The van der Waals surface area contributed by atoms with Crippen molar-refractivity contribution in [2.45, 2.75) is 25.8 Å². The average molecular weight is 468 g/mol. The van der Waals surface area contributed by atoms with Gasteiger partial charge >= 0.3 is 0 Å². The van der Waals surface area contributed by atoms with E-state index in [1.807, 2.05) is 31.2 Å². The zero-order valence-electron chi connectivity index (χ0n) is 20.0. The van der Waals surface area contributed by atoms with Crippen LogP contribution in [0.5, 0.6) is 5.75 Å². The largest absolute Gasteiger partial charge is 0.496 e. The molecule has 0 unspecified atom stereocenters. The number of hydrogen-bond donors (Lipinski definition) is 2. The van der Waals surface area contributed by atoms with Crippen molar-refractivity contribution < 1.29 is 23.9 Å². The number of carbonyl (C=O) groups excluding carboxylic acids is 3. The Morgan fingerprint density at radius 3 is 2.35 bits per heavy atom. The second kappa shape index (κ2) is 12.2. The quantitative estimate of drug-likeness (QED) is 0.552. The highest BCUT2D eigenvalue weighted by molar-refractivity contribution is 5.98. The smallest absolute Gasteiger partial charge is 0.257 e. The van der Waals surface area contributed by atoms with Gasteiger partial charge in [-0.2, -0.15) is 0 Å².